The first-order chi connectivity index (χ1) is 12.0. The van der Waals surface area contributed by atoms with Crippen LogP contribution in [0.15, 0.2) is 24.3 Å². The topological polar surface area (TPSA) is 71.2 Å². The lowest BCUT2D eigenvalue weighted by atomic mass is 9.83. The Morgan fingerprint density at radius 2 is 2.04 bits per heavy atom. The fourth-order valence-electron chi connectivity index (χ4n) is 3.76. The van der Waals surface area contributed by atoms with Gasteiger partial charge in [-0.1, -0.05) is 24.3 Å². The van der Waals surface area contributed by atoms with E-state index in [9.17, 15) is 9.59 Å². The molecule has 0 spiro atoms. The monoisotopic (exact) mass is 340 g/mol. The summed E-state index contributed by atoms with van der Waals surface area (Å²) in [5.41, 5.74) is 4.87. The van der Waals surface area contributed by atoms with Gasteiger partial charge in [-0.05, 0) is 49.8 Å². The molecule has 0 fully saturated rings. The molecule has 1 aliphatic rings. The Balaban J connectivity index is 1.73. The maximum atomic E-state index is 12.6. The standard InChI is InChI=1S/C20H24N2O3/c1-12-17(20(24)25-3)13(2)22-18(12)19(23)21-11-15-9-6-8-14-7-4-5-10-16(14)15/h4-5,7,10,15,22H,6,8-9,11H2,1-3H3,(H,21,23)/t15-/m0/s1. The minimum atomic E-state index is -0.425. The van der Waals surface area contributed by atoms with Crippen molar-refractivity contribution in [2.24, 2.45) is 0 Å². The van der Waals surface area contributed by atoms with Crippen LogP contribution in [0.25, 0.3) is 0 Å². The Hall–Kier alpha value is -2.56. The quantitative estimate of drug-likeness (QED) is 0.839. The van der Waals surface area contributed by atoms with Crippen LogP contribution in [0.5, 0.6) is 0 Å². The van der Waals surface area contributed by atoms with E-state index in [-0.39, 0.29) is 5.91 Å². The Bertz CT molecular complexity index is 807. The van der Waals surface area contributed by atoms with Gasteiger partial charge in [0.25, 0.3) is 5.91 Å². The molecule has 3 rings (SSSR count). The molecule has 1 atom stereocenters. The SMILES string of the molecule is COC(=O)c1c(C)[nH]c(C(=O)NC[C@@H]2CCCc3ccccc32)c1C. The van der Waals surface area contributed by atoms with Crippen molar-refractivity contribution in [2.75, 3.05) is 13.7 Å². The van der Waals surface area contributed by atoms with Gasteiger partial charge in [-0.3, -0.25) is 4.79 Å². The van der Waals surface area contributed by atoms with Crippen molar-refractivity contribution in [1.29, 1.82) is 0 Å². The maximum Gasteiger partial charge on any atom is 0.339 e. The summed E-state index contributed by atoms with van der Waals surface area (Å²) in [6.07, 6.45) is 3.33. The summed E-state index contributed by atoms with van der Waals surface area (Å²) in [4.78, 5) is 27.5. The number of rotatable bonds is 4. The predicted octanol–water partition coefficient (Wildman–Crippen LogP) is 3.27. The number of aryl methyl sites for hydroxylation is 2. The lowest BCUT2D eigenvalue weighted by Crippen LogP contribution is -2.30. The second-order valence-corrected chi connectivity index (χ2v) is 6.61. The van der Waals surface area contributed by atoms with Crippen molar-refractivity contribution in [3.8, 4) is 0 Å². The lowest BCUT2D eigenvalue weighted by Gasteiger charge is -2.25. The number of carbonyl (C=O) groups is 2. The molecule has 0 aliphatic heterocycles. The molecule has 1 heterocycles. The van der Waals surface area contributed by atoms with Gasteiger partial charge in [-0.15, -0.1) is 0 Å². The minimum absolute atomic E-state index is 0.182. The zero-order valence-corrected chi connectivity index (χ0v) is 14.9. The highest BCUT2D eigenvalue weighted by Gasteiger charge is 2.24. The zero-order valence-electron chi connectivity index (χ0n) is 14.9. The van der Waals surface area contributed by atoms with E-state index in [4.69, 9.17) is 4.74 Å². The average Bonchev–Trinajstić information content (AvgIpc) is 2.93. The number of aromatic nitrogens is 1. The van der Waals surface area contributed by atoms with Crippen LogP contribution in [0.2, 0.25) is 0 Å². The van der Waals surface area contributed by atoms with Crippen LogP contribution in [0, 0.1) is 13.8 Å². The normalized spacial score (nSPS) is 16.2. The van der Waals surface area contributed by atoms with Crippen molar-refractivity contribution in [3.63, 3.8) is 0 Å². The Kier molecular flexibility index (Phi) is 4.93. The molecule has 0 saturated carbocycles. The van der Waals surface area contributed by atoms with E-state index >= 15 is 0 Å². The summed E-state index contributed by atoms with van der Waals surface area (Å²) in [5, 5.41) is 3.03. The Morgan fingerprint density at radius 1 is 1.28 bits per heavy atom. The van der Waals surface area contributed by atoms with Gasteiger partial charge in [0.05, 0.1) is 12.7 Å². The molecule has 132 valence electrons. The van der Waals surface area contributed by atoms with Crippen LogP contribution in [0.4, 0.5) is 0 Å². The van der Waals surface area contributed by atoms with Gasteiger partial charge in [0, 0.05) is 18.2 Å². The smallest absolute Gasteiger partial charge is 0.339 e. The van der Waals surface area contributed by atoms with Crippen molar-refractivity contribution < 1.29 is 14.3 Å². The molecule has 1 aromatic carbocycles. The highest BCUT2D eigenvalue weighted by Crippen LogP contribution is 2.31. The highest BCUT2D eigenvalue weighted by atomic mass is 16.5. The van der Waals surface area contributed by atoms with Crippen molar-refractivity contribution >= 4 is 11.9 Å². The van der Waals surface area contributed by atoms with Crippen LogP contribution in [0.1, 0.15) is 62.0 Å². The third-order valence-corrected chi connectivity index (χ3v) is 5.06. The first-order valence-electron chi connectivity index (χ1n) is 8.66. The Morgan fingerprint density at radius 3 is 2.80 bits per heavy atom. The molecule has 0 saturated heterocycles. The van der Waals surface area contributed by atoms with Crippen LogP contribution >= 0.6 is 0 Å². The second kappa shape index (κ2) is 7.13. The Labute approximate surface area is 147 Å². The summed E-state index contributed by atoms with van der Waals surface area (Å²) in [6.45, 7) is 4.13. The van der Waals surface area contributed by atoms with E-state index in [1.54, 1.807) is 13.8 Å². The third-order valence-electron chi connectivity index (χ3n) is 5.06. The van der Waals surface area contributed by atoms with Crippen LogP contribution in [-0.2, 0) is 11.2 Å². The molecule has 2 N–H and O–H groups in total. The maximum absolute atomic E-state index is 12.6. The van der Waals surface area contributed by atoms with Crippen LogP contribution < -0.4 is 5.32 Å². The average molecular weight is 340 g/mol. The number of methoxy groups -OCH3 is 1. The summed E-state index contributed by atoms with van der Waals surface area (Å²) in [5.74, 6) is -0.268. The number of esters is 1. The summed E-state index contributed by atoms with van der Waals surface area (Å²) in [7, 11) is 1.34. The fourth-order valence-corrected chi connectivity index (χ4v) is 3.76. The summed E-state index contributed by atoms with van der Waals surface area (Å²) < 4.78 is 4.79. The summed E-state index contributed by atoms with van der Waals surface area (Å²) in [6, 6.07) is 8.45. The van der Waals surface area contributed by atoms with Gasteiger partial charge >= 0.3 is 5.97 Å². The first kappa shape index (κ1) is 17.3. The number of hydrogen-bond donors (Lipinski definition) is 2. The minimum Gasteiger partial charge on any atom is -0.465 e. The predicted molar refractivity (Wildman–Crippen MR) is 96.1 cm³/mol. The molecule has 1 aliphatic carbocycles. The number of H-pyrrole nitrogens is 1. The van der Waals surface area contributed by atoms with Gasteiger partial charge in [-0.25, -0.2) is 4.79 Å². The first-order valence-corrected chi connectivity index (χ1v) is 8.66. The molecule has 0 radical (unpaired) electrons. The molecule has 1 aromatic heterocycles. The molecule has 0 bridgehead atoms. The number of fused-ring (bicyclic) bond motifs is 1. The number of ether oxygens (including phenoxy) is 1. The van der Waals surface area contributed by atoms with Crippen molar-refractivity contribution in [2.45, 2.75) is 39.0 Å². The number of nitrogens with one attached hydrogen (secondary N) is 2. The van der Waals surface area contributed by atoms with Gasteiger partial charge in [-0.2, -0.15) is 0 Å². The van der Waals surface area contributed by atoms with Gasteiger partial charge in [0.1, 0.15) is 5.69 Å². The van der Waals surface area contributed by atoms with E-state index in [0.717, 1.165) is 19.3 Å². The number of amides is 1. The molecule has 1 amide bonds. The molecular formula is C20H24N2O3. The molecule has 5 heteroatoms. The largest absolute Gasteiger partial charge is 0.465 e. The third kappa shape index (κ3) is 3.31. The number of hydrogen-bond acceptors (Lipinski definition) is 3. The summed E-state index contributed by atoms with van der Waals surface area (Å²) >= 11 is 0. The van der Waals surface area contributed by atoms with Gasteiger partial charge in [0.15, 0.2) is 0 Å². The number of carbonyl (C=O) groups excluding carboxylic acids is 2. The van der Waals surface area contributed by atoms with Crippen molar-refractivity contribution in [3.05, 3.63) is 57.9 Å². The zero-order chi connectivity index (χ0) is 18.0. The van der Waals surface area contributed by atoms with Crippen LogP contribution in [0.3, 0.4) is 0 Å². The van der Waals surface area contributed by atoms with E-state index in [1.807, 2.05) is 0 Å². The second-order valence-electron chi connectivity index (χ2n) is 6.61. The fraction of sp³-hybridized carbons (Fsp3) is 0.400. The van der Waals surface area contributed by atoms with E-state index in [2.05, 4.69) is 34.6 Å². The van der Waals surface area contributed by atoms with E-state index in [1.165, 1.54) is 18.2 Å². The molecule has 5 nitrogen and oxygen atoms in total. The molecule has 25 heavy (non-hydrogen) atoms. The molecule has 0 unspecified atom stereocenters. The number of benzene rings is 1. The van der Waals surface area contributed by atoms with E-state index in [0.29, 0.717) is 35.0 Å². The highest BCUT2D eigenvalue weighted by molar-refractivity contribution is 6.00. The van der Waals surface area contributed by atoms with Gasteiger partial charge < -0.3 is 15.0 Å². The lowest BCUT2D eigenvalue weighted by molar-refractivity contribution is 0.0599. The molecule has 2 aromatic rings. The van der Waals surface area contributed by atoms with Gasteiger partial charge in [0.2, 0.25) is 0 Å². The van der Waals surface area contributed by atoms with Crippen molar-refractivity contribution in [1.82, 2.24) is 10.3 Å². The molecular weight excluding hydrogens is 316 g/mol. The van der Waals surface area contributed by atoms with E-state index < -0.39 is 5.97 Å². The van der Waals surface area contributed by atoms with Crippen LogP contribution in [-0.4, -0.2) is 30.5 Å². The number of aromatic amines is 1.